The highest BCUT2D eigenvalue weighted by Crippen LogP contribution is 2.43. The normalized spacial score (nSPS) is 14.3. The summed E-state index contributed by atoms with van der Waals surface area (Å²) in [6.45, 7) is 15.0. The first-order chi connectivity index (χ1) is 13.7. The van der Waals surface area contributed by atoms with Gasteiger partial charge in [-0.05, 0) is 75.8 Å². The average Bonchev–Trinajstić information content (AvgIpc) is 2.88. The quantitative estimate of drug-likeness (QED) is 0.511. The van der Waals surface area contributed by atoms with Crippen LogP contribution < -0.4 is 4.90 Å². The fourth-order valence-corrected chi connectivity index (χ4v) is 5.08. The minimum absolute atomic E-state index is 0.106. The molecule has 1 aromatic heterocycles. The maximum atomic E-state index is 13.3. The van der Waals surface area contributed by atoms with E-state index in [0.29, 0.717) is 5.92 Å². The Labute approximate surface area is 173 Å². The van der Waals surface area contributed by atoms with E-state index >= 15 is 0 Å². The molecule has 0 saturated heterocycles. The van der Waals surface area contributed by atoms with Crippen molar-refractivity contribution in [1.82, 2.24) is 4.98 Å². The fraction of sp³-hybridized carbons (Fsp3) is 0.385. The van der Waals surface area contributed by atoms with E-state index in [-0.39, 0.29) is 11.9 Å². The van der Waals surface area contributed by atoms with Crippen LogP contribution in [-0.2, 0) is 0 Å². The fourth-order valence-electron chi connectivity index (χ4n) is 5.08. The second-order valence-electron chi connectivity index (χ2n) is 9.09. The van der Waals surface area contributed by atoms with Gasteiger partial charge in [-0.2, -0.15) is 0 Å². The summed E-state index contributed by atoms with van der Waals surface area (Å²) in [6.07, 6.45) is 0.978. The highest BCUT2D eigenvalue weighted by atomic mass is 16.2. The van der Waals surface area contributed by atoms with Gasteiger partial charge in [0.05, 0.1) is 16.8 Å². The van der Waals surface area contributed by atoms with E-state index < -0.39 is 0 Å². The topological polar surface area (TPSA) is 33.2 Å². The monoisotopic (exact) mass is 386 g/mol. The lowest BCUT2D eigenvalue weighted by atomic mass is 9.91. The van der Waals surface area contributed by atoms with Gasteiger partial charge in [0, 0.05) is 22.7 Å². The largest absolute Gasteiger partial charge is 0.305 e. The lowest BCUT2D eigenvalue weighted by Gasteiger charge is -2.27. The molecule has 0 radical (unpaired) electrons. The molecule has 0 spiro atoms. The summed E-state index contributed by atoms with van der Waals surface area (Å²) >= 11 is 0. The molecule has 1 aliphatic heterocycles. The van der Waals surface area contributed by atoms with Gasteiger partial charge in [-0.1, -0.05) is 37.6 Å². The van der Waals surface area contributed by atoms with Crippen molar-refractivity contribution in [2.24, 2.45) is 5.92 Å². The summed E-state index contributed by atoms with van der Waals surface area (Å²) in [5.41, 5.74) is 9.80. The molecule has 3 heteroatoms. The Hall–Kier alpha value is -2.68. The molecule has 3 aromatic rings. The summed E-state index contributed by atoms with van der Waals surface area (Å²) < 4.78 is 0. The van der Waals surface area contributed by atoms with Gasteiger partial charge in [0.2, 0.25) is 0 Å². The molecule has 29 heavy (non-hydrogen) atoms. The van der Waals surface area contributed by atoms with E-state index in [1.807, 2.05) is 17.9 Å². The average molecular weight is 387 g/mol. The van der Waals surface area contributed by atoms with Crippen LogP contribution in [0.3, 0.4) is 0 Å². The number of nitrogens with zero attached hydrogens (tertiary/aromatic N) is 2. The molecule has 2 aromatic carbocycles. The number of hydrogen-bond donors (Lipinski definition) is 0. The zero-order valence-electron chi connectivity index (χ0n) is 18.6. The lowest BCUT2D eigenvalue weighted by Crippen LogP contribution is -2.36. The van der Waals surface area contributed by atoms with Gasteiger partial charge in [-0.3, -0.25) is 9.78 Å². The van der Waals surface area contributed by atoms with Crippen molar-refractivity contribution in [3.63, 3.8) is 0 Å². The molecule has 0 fully saturated rings. The van der Waals surface area contributed by atoms with Gasteiger partial charge in [0.25, 0.3) is 5.91 Å². The van der Waals surface area contributed by atoms with Crippen LogP contribution in [-0.4, -0.2) is 16.9 Å². The van der Waals surface area contributed by atoms with Gasteiger partial charge in [0.1, 0.15) is 0 Å². The lowest BCUT2D eigenvalue weighted by molar-refractivity contribution is 0.0982. The van der Waals surface area contributed by atoms with Crippen LogP contribution in [0.15, 0.2) is 30.3 Å². The standard InChI is InChI=1S/C26H30N2O/c1-14(2)10-19(7)28-22-13-18(6)27-25-20(8-9-21(24(22)25)26(28)29)23-16(4)11-15(3)12-17(23)5/h8-9,11-14,19H,10H2,1-7H3. The second kappa shape index (κ2) is 6.98. The first-order valence-electron chi connectivity index (χ1n) is 10.5. The molecule has 3 nitrogen and oxygen atoms in total. The van der Waals surface area contributed by atoms with Crippen molar-refractivity contribution in [3.8, 4) is 11.1 Å². The van der Waals surface area contributed by atoms with E-state index in [9.17, 15) is 4.79 Å². The number of carbonyl (C=O) groups is 1. The zero-order valence-corrected chi connectivity index (χ0v) is 18.6. The van der Waals surface area contributed by atoms with Gasteiger partial charge >= 0.3 is 0 Å². The molecule has 4 rings (SSSR count). The number of rotatable bonds is 4. The van der Waals surface area contributed by atoms with Gasteiger partial charge < -0.3 is 4.90 Å². The minimum atomic E-state index is 0.106. The number of aryl methyl sites for hydroxylation is 4. The van der Waals surface area contributed by atoms with Crippen LogP contribution >= 0.6 is 0 Å². The number of hydrogen-bond acceptors (Lipinski definition) is 2. The molecule has 0 bridgehead atoms. The van der Waals surface area contributed by atoms with Gasteiger partial charge in [-0.15, -0.1) is 0 Å². The molecule has 0 aliphatic carbocycles. The molecule has 150 valence electrons. The molecule has 0 N–H and O–H groups in total. The minimum Gasteiger partial charge on any atom is -0.305 e. The SMILES string of the molecule is Cc1cc(C)c(-c2ccc3c4c(cc(C)nc24)N(C(C)CC(C)C)C3=O)c(C)c1. The molecule has 1 aliphatic rings. The van der Waals surface area contributed by atoms with Crippen molar-refractivity contribution >= 4 is 22.5 Å². The molecular weight excluding hydrogens is 356 g/mol. The Morgan fingerprint density at radius 1 is 0.931 bits per heavy atom. The van der Waals surface area contributed by atoms with Crippen molar-refractivity contribution < 1.29 is 4.79 Å². The third-order valence-corrected chi connectivity index (χ3v) is 5.98. The number of anilines is 1. The summed E-state index contributed by atoms with van der Waals surface area (Å²) in [5.74, 6) is 0.641. The Bertz CT molecular complexity index is 1120. The van der Waals surface area contributed by atoms with Crippen molar-refractivity contribution in [2.75, 3.05) is 4.90 Å². The maximum Gasteiger partial charge on any atom is 0.259 e. The Morgan fingerprint density at radius 3 is 2.17 bits per heavy atom. The number of amides is 1. The second-order valence-corrected chi connectivity index (χ2v) is 9.09. The third-order valence-electron chi connectivity index (χ3n) is 5.98. The van der Waals surface area contributed by atoms with E-state index in [2.05, 4.69) is 65.8 Å². The predicted octanol–water partition coefficient (Wildman–Crippen LogP) is 6.53. The Balaban J connectivity index is 2.00. The maximum absolute atomic E-state index is 13.3. The molecule has 1 amide bonds. The van der Waals surface area contributed by atoms with Crippen molar-refractivity contribution in [2.45, 2.75) is 60.9 Å². The van der Waals surface area contributed by atoms with Crippen LogP contribution in [0.2, 0.25) is 0 Å². The number of aromatic nitrogens is 1. The van der Waals surface area contributed by atoms with Crippen LogP contribution in [0.4, 0.5) is 5.69 Å². The van der Waals surface area contributed by atoms with Crippen molar-refractivity contribution in [1.29, 1.82) is 0 Å². The summed E-state index contributed by atoms with van der Waals surface area (Å²) in [6, 6.07) is 10.8. The molecule has 2 heterocycles. The van der Waals surface area contributed by atoms with Crippen LogP contribution in [0.25, 0.3) is 22.0 Å². The smallest absolute Gasteiger partial charge is 0.259 e. The highest BCUT2D eigenvalue weighted by Gasteiger charge is 2.35. The summed E-state index contributed by atoms with van der Waals surface area (Å²) in [5, 5.41) is 1.01. The van der Waals surface area contributed by atoms with Crippen LogP contribution in [0.5, 0.6) is 0 Å². The first kappa shape index (κ1) is 19.6. The van der Waals surface area contributed by atoms with E-state index in [0.717, 1.165) is 39.8 Å². The predicted molar refractivity (Wildman–Crippen MR) is 122 cm³/mol. The molecular formula is C26H30N2O. The van der Waals surface area contributed by atoms with E-state index in [1.165, 1.54) is 22.3 Å². The van der Waals surface area contributed by atoms with Crippen molar-refractivity contribution in [3.05, 3.63) is 58.3 Å². The van der Waals surface area contributed by atoms with Crippen LogP contribution in [0, 0.1) is 33.6 Å². The molecule has 1 atom stereocenters. The summed E-state index contributed by atoms with van der Waals surface area (Å²) in [7, 11) is 0. The zero-order chi connectivity index (χ0) is 21.0. The number of benzene rings is 2. The van der Waals surface area contributed by atoms with Crippen LogP contribution in [0.1, 0.15) is 59.9 Å². The number of carbonyl (C=O) groups excluding carboxylic acids is 1. The van der Waals surface area contributed by atoms with E-state index in [4.69, 9.17) is 4.98 Å². The first-order valence-corrected chi connectivity index (χ1v) is 10.5. The van der Waals surface area contributed by atoms with E-state index in [1.54, 1.807) is 0 Å². The van der Waals surface area contributed by atoms with Gasteiger partial charge in [-0.25, -0.2) is 0 Å². The number of pyridine rings is 1. The molecule has 1 unspecified atom stereocenters. The Kier molecular flexibility index (Phi) is 4.72. The third kappa shape index (κ3) is 3.13. The van der Waals surface area contributed by atoms with Gasteiger partial charge in [0.15, 0.2) is 0 Å². The summed E-state index contributed by atoms with van der Waals surface area (Å²) in [4.78, 5) is 20.3. The molecule has 0 saturated carbocycles. The highest BCUT2D eigenvalue weighted by molar-refractivity contribution is 6.26. The Morgan fingerprint density at radius 2 is 1.55 bits per heavy atom.